The molecule has 1 rings (SSSR count). The van der Waals surface area contributed by atoms with Gasteiger partial charge in [0, 0.05) is 6.08 Å². The maximum atomic E-state index is 12.6. The summed E-state index contributed by atoms with van der Waals surface area (Å²) in [6.07, 6.45) is 1.69. The molecule has 84 valence electrons. The second kappa shape index (κ2) is 5.85. The van der Waals surface area contributed by atoms with Crippen LogP contribution in [0.4, 0.5) is 4.39 Å². The van der Waals surface area contributed by atoms with Crippen molar-refractivity contribution < 1.29 is 9.13 Å². The van der Waals surface area contributed by atoms with E-state index in [4.69, 9.17) is 4.74 Å². The molecule has 0 aliphatic heterocycles. The lowest BCUT2D eigenvalue weighted by atomic mass is 10.2. The van der Waals surface area contributed by atoms with E-state index in [1.807, 2.05) is 6.92 Å². The van der Waals surface area contributed by atoms with Gasteiger partial charge >= 0.3 is 0 Å². The third kappa shape index (κ3) is 4.09. The molecule has 16 heavy (non-hydrogen) atoms. The molecule has 1 aromatic rings. The monoisotopic (exact) mass is 219 g/mol. The van der Waals surface area contributed by atoms with Gasteiger partial charge in [0.05, 0.1) is 0 Å². The van der Waals surface area contributed by atoms with Gasteiger partial charge in [-0.2, -0.15) is 0 Å². The van der Waals surface area contributed by atoms with E-state index in [1.165, 1.54) is 12.1 Å². The highest BCUT2D eigenvalue weighted by Crippen LogP contribution is 2.09. The second-order valence-corrected chi connectivity index (χ2v) is 3.40. The Labute approximate surface area is 94.8 Å². The molecule has 1 aromatic carbocycles. The SMILES string of the molecule is C=N/C(=C\C(=C)C)OCc1ccc(F)cc1. The zero-order valence-electron chi connectivity index (χ0n) is 9.24. The van der Waals surface area contributed by atoms with E-state index in [0.29, 0.717) is 12.5 Å². The molecular formula is C13H14FNO. The number of hydrogen-bond acceptors (Lipinski definition) is 2. The minimum absolute atomic E-state index is 0.261. The summed E-state index contributed by atoms with van der Waals surface area (Å²) in [7, 11) is 0. The van der Waals surface area contributed by atoms with Gasteiger partial charge in [0.15, 0.2) is 0 Å². The van der Waals surface area contributed by atoms with Crippen LogP contribution in [-0.4, -0.2) is 6.72 Å². The largest absolute Gasteiger partial charge is 0.473 e. The van der Waals surface area contributed by atoms with E-state index in [2.05, 4.69) is 18.3 Å². The molecule has 0 amide bonds. The third-order valence-electron chi connectivity index (χ3n) is 1.83. The van der Waals surface area contributed by atoms with Gasteiger partial charge in [-0.05, 0) is 31.3 Å². The molecule has 0 radical (unpaired) electrons. The van der Waals surface area contributed by atoms with Gasteiger partial charge in [0.2, 0.25) is 5.88 Å². The number of aliphatic imine (C=N–C) groups is 1. The van der Waals surface area contributed by atoms with Crippen LogP contribution in [0, 0.1) is 5.82 Å². The van der Waals surface area contributed by atoms with Crippen molar-refractivity contribution in [3.8, 4) is 0 Å². The molecular weight excluding hydrogens is 205 g/mol. The molecule has 0 aliphatic rings. The fourth-order valence-electron chi connectivity index (χ4n) is 1.08. The quantitative estimate of drug-likeness (QED) is 0.422. The molecule has 0 bridgehead atoms. The number of benzene rings is 1. The lowest BCUT2D eigenvalue weighted by Crippen LogP contribution is -1.92. The minimum Gasteiger partial charge on any atom is -0.473 e. The van der Waals surface area contributed by atoms with E-state index in [9.17, 15) is 4.39 Å². The van der Waals surface area contributed by atoms with E-state index in [-0.39, 0.29) is 5.82 Å². The first-order valence-corrected chi connectivity index (χ1v) is 4.83. The summed E-state index contributed by atoms with van der Waals surface area (Å²) in [6, 6.07) is 6.11. The molecule has 0 heterocycles. The van der Waals surface area contributed by atoms with Crippen molar-refractivity contribution in [1.82, 2.24) is 0 Å². The fraction of sp³-hybridized carbons (Fsp3) is 0.154. The molecule has 0 unspecified atom stereocenters. The molecule has 0 atom stereocenters. The zero-order valence-corrected chi connectivity index (χ0v) is 9.24. The number of ether oxygens (including phenoxy) is 1. The average Bonchev–Trinajstić information content (AvgIpc) is 2.26. The van der Waals surface area contributed by atoms with Crippen LogP contribution in [0.5, 0.6) is 0 Å². The minimum atomic E-state index is -0.261. The highest BCUT2D eigenvalue weighted by atomic mass is 19.1. The Bertz CT molecular complexity index is 406. The molecule has 2 nitrogen and oxygen atoms in total. The van der Waals surface area contributed by atoms with Gasteiger partial charge in [-0.3, -0.25) is 0 Å². The standard InChI is InChI=1S/C13H14FNO/c1-10(2)8-13(15-3)16-9-11-4-6-12(14)7-5-11/h4-8H,1,3,9H2,2H3/b13-8+. The van der Waals surface area contributed by atoms with Crippen molar-refractivity contribution in [2.24, 2.45) is 4.99 Å². The van der Waals surface area contributed by atoms with Crippen molar-refractivity contribution >= 4 is 6.72 Å². The summed E-state index contributed by atoms with van der Waals surface area (Å²) in [5.41, 5.74) is 1.71. The normalized spacial score (nSPS) is 11.0. The highest BCUT2D eigenvalue weighted by Gasteiger charge is 1.97. The Balaban J connectivity index is 2.59. The Hall–Kier alpha value is -1.90. The molecule has 0 saturated heterocycles. The zero-order chi connectivity index (χ0) is 12.0. The lowest BCUT2D eigenvalue weighted by molar-refractivity contribution is 0.197. The summed E-state index contributed by atoms with van der Waals surface area (Å²) < 4.78 is 18.0. The molecule has 0 saturated carbocycles. The molecule has 0 fully saturated rings. The lowest BCUT2D eigenvalue weighted by Gasteiger charge is -2.06. The van der Waals surface area contributed by atoms with Gasteiger partial charge in [-0.25, -0.2) is 9.38 Å². The van der Waals surface area contributed by atoms with Gasteiger partial charge in [-0.1, -0.05) is 24.3 Å². The number of nitrogens with zero attached hydrogens (tertiary/aromatic N) is 1. The van der Waals surface area contributed by atoms with E-state index < -0.39 is 0 Å². The summed E-state index contributed by atoms with van der Waals surface area (Å²) in [5, 5.41) is 0. The number of rotatable bonds is 5. The van der Waals surface area contributed by atoms with Crippen LogP contribution in [-0.2, 0) is 11.3 Å². The summed E-state index contributed by atoms with van der Waals surface area (Å²) >= 11 is 0. The summed E-state index contributed by atoms with van der Waals surface area (Å²) in [4.78, 5) is 3.71. The topological polar surface area (TPSA) is 21.6 Å². The van der Waals surface area contributed by atoms with Gasteiger partial charge in [0.1, 0.15) is 12.4 Å². The number of hydrogen-bond donors (Lipinski definition) is 0. The first-order chi connectivity index (χ1) is 7.61. The van der Waals surface area contributed by atoms with Crippen molar-refractivity contribution in [2.75, 3.05) is 0 Å². The predicted molar refractivity (Wildman–Crippen MR) is 63.6 cm³/mol. The van der Waals surface area contributed by atoms with Crippen LogP contribution in [0.1, 0.15) is 12.5 Å². The fourth-order valence-corrected chi connectivity index (χ4v) is 1.08. The second-order valence-electron chi connectivity index (χ2n) is 3.40. The predicted octanol–water partition coefficient (Wildman–Crippen LogP) is 3.46. The van der Waals surface area contributed by atoms with Crippen molar-refractivity contribution in [2.45, 2.75) is 13.5 Å². The maximum Gasteiger partial charge on any atom is 0.213 e. The van der Waals surface area contributed by atoms with Crippen molar-refractivity contribution in [1.29, 1.82) is 0 Å². The van der Waals surface area contributed by atoms with Crippen LogP contribution in [0.15, 0.2) is 53.4 Å². The first-order valence-electron chi connectivity index (χ1n) is 4.83. The van der Waals surface area contributed by atoms with Crippen LogP contribution in [0.25, 0.3) is 0 Å². The summed E-state index contributed by atoms with van der Waals surface area (Å²) in [5.74, 6) is 0.153. The molecule has 0 N–H and O–H groups in total. The molecule has 0 aliphatic carbocycles. The summed E-state index contributed by atoms with van der Waals surface area (Å²) in [6.45, 7) is 9.28. The molecule has 0 aromatic heterocycles. The van der Waals surface area contributed by atoms with E-state index in [0.717, 1.165) is 11.1 Å². The van der Waals surface area contributed by atoms with Crippen LogP contribution >= 0.6 is 0 Å². The number of allylic oxidation sites excluding steroid dienone is 2. The van der Waals surface area contributed by atoms with Gasteiger partial charge in [-0.15, -0.1) is 0 Å². The van der Waals surface area contributed by atoms with Crippen LogP contribution < -0.4 is 0 Å². The van der Waals surface area contributed by atoms with Crippen LogP contribution in [0.3, 0.4) is 0 Å². The Kier molecular flexibility index (Phi) is 4.45. The Morgan fingerprint density at radius 1 is 1.44 bits per heavy atom. The molecule has 3 heteroatoms. The van der Waals surface area contributed by atoms with E-state index >= 15 is 0 Å². The highest BCUT2D eigenvalue weighted by molar-refractivity contribution is 5.29. The molecule has 0 spiro atoms. The Morgan fingerprint density at radius 3 is 2.56 bits per heavy atom. The van der Waals surface area contributed by atoms with Crippen LogP contribution in [0.2, 0.25) is 0 Å². The maximum absolute atomic E-state index is 12.6. The van der Waals surface area contributed by atoms with E-state index in [1.54, 1.807) is 18.2 Å². The van der Waals surface area contributed by atoms with Gasteiger partial charge in [0.25, 0.3) is 0 Å². The Morgan fingerprint density at radius 2 is 2.06 bits per heavy atom. The average molecular weight is 219 g/mol. The number of halogens is 1. The third-order valence-corrected chi connectivity index (χ3v) is 1.83. The first kappa shape index (κ1) is 12.2. The van der Waals surface area contributed by atoms with Crippen molar-refractivity contribution in [3.05, 3.63) is 59.8 Å². The van der Waals surface area contributed by atoms with Gasteiger partial charge < -0.3 is 4.74 Å². The van der Waals surface area contributed by atoms with Crippen molar-refractivity contribution in [3.63, 3.8) is 0 Å². The smallest absolute Gasteiger partial charge is 0.213 e.